The molecule has 1 atom stereocenters. The van der Waals surface area contributed by atoms with Crippen LogP contribution in [0.3, 0.4) is 0 Å². The van der Waals surface area contributed by atoms with Crippen LogP contribution in [-0.2, 0) is 11.2 Å². The van der Waals surface area contributed by atoms with E-state index in [1.54, 1.807) is 30.5 Å². The molecule has 170 valence electrons. The van der Waals surface area contributed by atoms with E-state index >= 15 is 4.39 Å². The number of pyridine rings is 1. The molecule has 0 spiro atoms. The zero-order valence-electron chi connectivity index (χ0n) is 18.6. The third-order valence-corrected chi connectivity index (χ3v) is 5.79. The second-order valence-corrected chi connectivity index (χ2v) is 9.14. The predicted molar refractivity (Wildman–Crippen MR) is 121 cm³/mol. The summed E-state index contributed by atoms with van der Waals surface area (Å²) in [7, 11) is 0. The van der Waals surface area contributed by atoms with Crippen LogP contribution in [0.4, 0.5) is 8.78 Å². The van der Waals surface area contributed by atoms with E-state index in [9.17, 15) is 14.3 Å². The van der Waals surface area contributed by atoms with Crippen molar-refractivity contribution in [1.29, 1.82) is 0 Å². The van der Waals surface area contributed by atoms with Crippen LogP contribution in [0.1, 0.15) is 32.9 Å². The normalized spacial score (nSPS) is 12.8. The molecular formula is C25H24F2N4O2. The Morgan fingerprint density at radius 2 is 1.88 bits per heavy atom. The molecule has 3 heterocycles. The van der Waals surface area contributed by atoms with Gasteiger partial charge in [-0.05, 0) is 23.8 Å². The number of rotatable bonds is 6. The Balaban J connectivity index is 1.91. The lowest BCUT2D eigenvalue weighted by Crippen LogP contribution is -2.26. The summed E-state index contributed by atoms with van der Waals surface area (Å²) in [6, 6.07) is 10.2. The third-order valence-electron chi connectivity index (χ3n) is 5.79. The molecule has 0 fully saturated rings. The first-order chi connectivity index (χ1) is 15.6. The Labute approximate surface area is 189 Å². The maximum Gasteiger partial charge on any atom is 0.303 e. The lowest BCUT2D eigenvalue weighted by molar-refractivity contribution is -0.139. The fourth-order valence-corrected chi connectivity index (χ4v) is 3.83. The number of carboxylic acids is 1. The van der Waals surface area contributed by atoms with Crippen LogP contribution in [0.2, 0.25) is 0 Å². The van der Waals surface area contributed by atoms with Gasteiger partial charge in [-0.2, -0.15) is 0 Å². The summed E-state index contributed by atoms with van der Waals surface area (Å²) in [5, 5.41) is 9.88. The molecule has 3 aromatic heterocycles. The number of carboxylic acid groups (broad SMARTS) is 1. The van der Waals surface area contributed by atoms with Crippen LogP contribution in [0.5, 0.6) is 0 Å². The largest absolute Gasteiger partial charge is 0.481 e. The van der Waals surface area contributed by atoms with E-state index in [-0.39, 0.29) is 36.0 Å². The summed E-state index contributed by atoms with van der Waals surface area (Å²) in [5.41, 5.74) is 1.35. The van der Waals surface area contributed by atoms with Crippen LogP contribution in [0.15, 0.2) is 48.8 Å². The van der Waals surface area contributed by atoms with Crippen molar-refractivity contribution < 1.29 is 18.7 Å². The molecule has 6 nitrogen and oxygen atoms in total. The Morgan fingerprint density at radius 1 is 1.15 bits per heavy atom. The summed E-state index contributed by atoms with van der Waals surface area (Å²) in [6.07, 6.45) is 2.72. The van der Waals surface area contributed by atoms with Crippen molar-refractivity contribution >= 4 is 17.0 Å². The number of nitrogens with zero attached hydrogens (tertiary/aromatic N) is 3. The second-order valence-electron chi connectivity index (χ2n) is 9.14. The van der Waals surface area contributed by atoms with Gasteiger partial charge in [-0.1, -0.05) is 51.1 Å². The van der Waals surface area contributed by atoms with Crippen molar-refractivity contribution in [2.24, 2.45) is 11.3 Å². The fraction of sp³-hybridized carbons (Fsp3) is 0.280. The van der Waals surface area contributed by atoms with Crippen molar-refractivity contribution in [2.75, 3.05) is 0 Å². The highest BCUT2D eigenvalue weighted by Crippen LogP contribution is 2.35. The second kappa shape index (κ2) is 8.69. The van der Waals surface area contributed by atoms with Gasteiger partial charge >= 0.3 is 5.97 Å². The first kappa shape index (κ1) is 22.5. The zero-order valence-corrected chi connectivity index (χ0v) is 18.6. The lowest BCUT2D eigenvalue weighted by Gasteiger charge is -2.29. The summed E-state index contributed by atoms with van der Waals surface area (Å²) < 4.78 is 29.6. The number of aromatic nitrogens is 4. The summed E-state index contributed by atoms with van der Waals surface area (Å²) in [5.74, 6) is -2.20. The van der Waals surface area contributed by atoms with E-state index in [0.717, 1.165) is 6.20 Å². The van der Waals surface area contributed by atoms with Gasteiger partial charge in [-0.3, -0.25) is 4.79 Å². The van der Waals surface area contributed by atoms with Crippen LogP contribution < -0.4 is 0 Å². The Morgan fingerprint density at radius 3 is 2.55 bits per heavy atom. The van der Waals surface area contributed by atoms with Crippen molar-refractivity contribution in [3.63, 3.8) is 0 Å². The molecule has 0 aliphatic heterocycles. The van der Waals surface area contributed by atoms with Gasteiger partial charge in [0, 0.05) is 29.1 Å². The number of nitrogens with one attached hydrogen (secondary N) is 1. The molecule has 0 aliphatic carbocycles. The first-order valence-electron chi connectivity index (χ1n) is 10.6. The van der Waals surface area contributed by atoms with Gasteiger partial charge < -0.3 is 10.1 Å². The SMILES string of the molecule is CC(C)(C)[C@@H](CC(=O)O)Cc1nc(-c2c[nH]c3ncc(F)cc23)nc(-c2ccccc2)c1F. The average molecular weight is 450 g/mol. The van der Waals surface area contributed by atoms with Gasteiger partial charge in [0.2, 0.25) is 0 Å². The summed E-state index contributed by atoms with van der Waals surface area (Å²) in [6.45, 7) is 5.77. The first-order valence-corrected chi connectivity index (χ1v) is 10.6. The highest BCUT2D eigenvalue weighted by atomic mass is 19.1. The number of hydrogen-bond donors (Lipinski definition) is 2. The van der Waals surface area contributed by atoms with Crippen molar-refractivity contribution in [2.45, 2.75) is 33.6 Å². The number of carbonyl (C=O) groups is 1. The molecule has 0 bridgehead atoms. The van der Waals surface area contributed by atoms with E-state index in [1.807, 2.05) is 26.8 Å². The van der Waals surface area contributed by atoms with Gasteiger partial charge in [-0.15, -0.1) is 0 Å². The minimum Gasteiger partial charge on any atom is -0.481 e. The number of aliphatic carboxylic acids is 1. The molecule has 1 aromatic carbocycles. The van der Waals surface area contributed by atoms with Gasteiger partial charge in [0.1, 0.15) is 17.2 Å². The van der Waals surface area contributed by atoms with Crippen molar-refractivity contribution in [1.82, 2.24) is 19.9 Å². The maximum atomic E-state index is 15.7. The Bertz CT molecular complexity index is 1310. The Kier molecular flexibility index (Phi) is 5.93. The monoisotopic (exact) mass is 450 g/mol. The summed E-state index contributed by atoms with van der Waals surface area (Å²) >= 11 is 0. The Hall–Kier alpha value is -3.68. The molecule has 33 heavy (non-hydrogen) atoms. The van der Waals surface area contributed by atoms with Crippen LogP contribution in [-0.4, -0.2) is 31.0 Å². The minimum atomic E-state index is -0.953. The van der Waals surface area contributed by atoms with Crippen LogP contribution in [0, 0.1) is 23.0 Å². The molecule has 0 radical (unpaired) electrons. The van der Waals surface area contributed by atoms with Gasteiger partial charge in [0.05, 0.1) is 11.9 Å². The number of halogens is 2. The van der Waals surface area contributed by atoms with E-state index in [2.05, 4.69) is 19.9 Å². The topological polar surface area (TPSA) is 91.8 Å². The molecule has 2 N–H and O–H groups in total. The standard InChI is InChI=1S/C25H24F2N4O2/c1-25(2,3)15(10-20(32)33)9-19-21(27)22(14-7-5-4-6-8-14)31-24(30-19)18-13-29-23-17(18)11-16(26)12-28-23/h4-8,11-13,15H,9-10H2,1-3H3,(H,28,29)(H,32,33)/t15-/m1/s1. The van der Waals surface area contributed by atoms with Gasteiger partial charge in [-0.25, -0.2) is 23.7 Å². The third kappa shape index (κ3) is 4.74. The number of fused-ring (bicyclic) bond motifs is 1. The van der Waals surface area contributed by atoms with E-state index in [1.165, 1.54) is 6.07 Å². The molecule has 0 aliphatic rings. The molecule has 0 saturated carbocycles. The minimum absolute atomic E-state index is 0.109. The number of benzene rings is 1. The maximum absolute atomic E-state index is 15.7. The predicted octanol–water partition coefficient (Wildman–Crippen LogP) is 5.64. The number of aromatic amines is 1. The average Bonchev–Trinajstić information content (AvgIpc) is 3.17. The molecule has 0 unspecified atom stereocenters. The van der Waals surface area contributed by atoms with Crippen LogP contribution in [0.25, 0.3) is 33.7 Å². The van der Waals surface area contributed by atoms with E-state index in [4.69, 9.17) is 0 Å². The fourth-order valence-electron chi connectivity index (χ4n) is 3.83. The molecule has 4 rings (SSSR count). The molecule has 0 amide bonds. The number of H-pyrrole nitrogens is 1. The molecule has 0 saturated heterocycles. The van der Waals surface area contributed by atoms with Gasteiger partial charge in [0.25, 0.3) is 0 Å². The highest BCUT2D eigenvalue weighted by molar-refractivity contribution is 5.91. The zero-order chi connectivity index (χ0) is 23.8. The lowest BCUT2D eigenvalue weighted by atomic mass is 9.76. The summed E-state index contributed by atoms with van der Waals surface area (Å²) in [4.78, 5) is 27.5. The molecule has 4 aromatic rings. The van der Waals surface area contributed by atoms with Crippen molar-refractivity contribution in [3.05, 3.63) is 66.1 Å². The van der Waals surface area contributed by atoms with Gasteiger partial charge in [0.15, 0.2) is 11.6 Å². The molecule has 8 heteroatoms. The highest BCUT2D eigenvalue weighted by Gasteiger charge is 2.30. The van der Waals surface area contributed by atoms with E-state index < -0.39 is 23.0 Å². The van der Waals surface area contributed by atoms with Crippen molar-refractivity contribution in [3.8, 4) is 22.6 Å². The smallest absolute Gasteiger partial charge is 0.303 e. The van der Waals surface area contributed by atoms with E-state index in [0.29, 0.717) is 22.2 Å². The molecular weight excluding hydrogens is 426 g/mol. The van der Waals surface area contributed by atoms with Crippen LogP contribution >= 0.6 is 0 Å². The number of hydrogen-bond acceptors (Lipinski definition) is 4. The quantitative estimate of drug-likeness (QED) is 0.396.